The molecule has 0 unspecified atom stereocenters. The number of nitrogens with zero attached hydrogens (tertiary/aromatic N) is 4. The van der Waals surface area contributed by atoms with Crippen molar-refractivity contribution < 1.29 is 4.92 Å². The normalized spacial score (nSPS) is 23.7. The largest absolute Gasteiger partial charge is 0.366 e. The third kappa shape index (κ3) is 2.67. The number of nitrogens with one attached hydrogen (secondary N) is 1. The van der Waals surface area contributed by atoms with Crippen LogP contribution < -0.4 is 4.90 Å². The average Bonchev–Trinajstić information content (AvgIpc) is 3.02. The molecule has 146 valence electrons. The Kier molecular flexibility index (Phi) is 4.02. The van der Waals surface area contributed by atoms with Crippen molar-refractivity contribution in [2.75, 3.05) is 11.4 Å². The third-order valence-corrected chi connectivity index (χ3v) is 6.39. The van der Waals surface area contributed by atoms with Crippen molar-refractivity contribution in [3.63, 3.8) is 0 Å². The minimum Gasteiger partial charge on any atom is -0.366 e. The topological polar surface area (TPSA) is 98.8 Å². The van der Waals surface area contributed by atoms with Crippen molar-refractivity contribution in [3.8, 4) is 6.07 Å². The lowest BCUT2D eigenvalue weighted by molar-refractivity contribution is -0.384. The number of nitriles is 1. The van der Waals surface area contributed by atoms with E-state index in [4.69, 9.17) is 4.98 Å². The maximum absolute atomic E-state index is 11.4. The van der Waals surface area contributed by atoms with Gasteiger partial charge in [0.2, 0.25) is 0 Å². The van der Waals surface area contributed by atoms with E-state index < -0.39 is 5.41 Å². The third-order valence-electron chi connectivity index (χ3n) is 6.39. The predicted octanol–water partition coefficient (Wildman–Crippen LogP) is 4.24. The highest BCUT2D eigenvalue weighted by atomic mass is 16.6. The van der Waals surface area contributed by atoms with Crippen molar-refractivity contribution in [1.82, 2.24) is 9.97 Å². The maximum atomic E-state index is 11.4. The number of nitro benzene ring substituents is 1. The molecule has 3 heterocycles. The number of rotatable bonds is 2. The van der Waals surface area contributed by atoms with E-state index in [0.717, 1.165) is 54.5 Å². The number of hydrogen-bond donors (Lipinski definition) is 1. The molecule has 2 atom stereocenters. The fourth-order valence-electron chi connectivity index (χ4n) is 5.01. The molecular formula is C22H21N5O2. The molecule has 2 aromatic carbocycles. The van der Waals surface area contributed by atoms with Gasteiger partial charge in [0, 0.05) is 30.8 Å². The van der Waals surface area contributed by atoms with Gasteiger partial charge in [-0.1, -0.05) is 25.0 Å². The molecule has 2 aliphatic heterocycles. The van der Waals surface area contributed by atoms with Gasteiger partial charge in [0.15, 0.2) is 0 Å². The molecule has 0 radical (unpaired) electrons. The van der Waals surface area contributed by atoms with Gasteiger partial charge in [0.1, 0.15) is 11.2 Å². The monoisotopic (exact) mass is 387 g/mol. The summed E-state index contributed by atoms with van der Waals surface area (Å²) in [6.07, 6.45) is 4.56. The van der Waals surface area contributed by atoms with Crippen LogP contribution >= 0.6 is 0 Å². The van der Waals surface area contributed by atoms with Gasteiger partial charge >= 0.3 is 0 Å². The van der Waals surface area contributed by atoms with E-state index in [1.54, 1.807) is 12.1 Å². The first-order chi connectivity index (χ1) is 14.1. The van der Waals surface area contributed by atoms with E-state index in [0.29, 0.717) is 12.2 Å². The first kappa shape index (κ1) is 17.7. The zero-order chi connectivity index (χ0) is 20.0. The van der Waals surface area contributed by atoms with E-state index in [2.05, 4.69) is 16.0 Å². The molecule has 0 spiro atoms. The number of non-ortho nitro benzene ring substituents is 1. The molecule has 1 fully saturated rings. The minimum absolute atomic E-state index is 0.00971. The molecule has 1 aromatic heterocycles. The summed E-state index contributed by atoms with van der Waals surface area (Å²) in [5.74, 6) is 0.662. The lowest BCUT2D eigenvalue weighted by atomic mass is 9.70. The van der Waals surface area contributed by atoms with E-state index in [1.807, 2.05) is 30.3 Å². The summed E-state index contributed by atoms with van der Waals surface area (Å²) in [7, 11) is 0. The minimum atomic E-state index is -0.869. The second-order valence-electron chi connectivity index (χ2n) is 7.99. The molecule has 5 rings (SSSR count). The molecule has 1 N–H and O–H groups in total. The Morgan fingerprint density at radius 2 is 2.10 bits per heavy atom. The van der Waals surface area contributed by atoms with E-state index in [1.165, 1.54) is 0 Å². The highest BCUT2D eigenvalue weighted by Gasteiger charge is 2.50. The zero-order valence-electron chi connectivity index (χ0n) is 16.0. The lowest BCUT2D eigenvalue weighted by Gasteiger charge is -2.46. The summed E-state index contributed by atoms with van der Waals surface area (Å²) in [4.78, 5) is 21.5. The van der Waals surface area contributed by atoms with Gasteiger partial charge < -0.3 is 9.88 Å². The summed E-state index contributed by atoms with van der Waals surface area (Å²) in [6, 6.07) is 15.4. The molecule has 0 aliphatic carbocycles. The molecule has 7 nitrogen and oxygen atoms in total. The molecule has 3 aromatic rings. The van der Waals surface area contributed by atoms with Crippen LogP contribution in [0.2, 0.25) is 0 Å². The second kappa shape index (κ2) is 6.59. The van der Waals surface area contributed by atoms with E-state index in [9.17, 15) is 15.4 Å². The predicted molar refractivity (Wildman–Crippen MR) is 110 cm³/mol. The number of H-pyrrole nitrogens is 1. The highest BCUT2D eigenvalue weighted by Crippen LogP contribution is 2.46. The van der Waals surface area contributed by atoms with Crippen LogP contribution in [-0.4, -0.2) is 27.5 Å². The van der Waals surface area contributed by atoms with Crippen LogP contribution in [0, 0.1) is 21.4 Å². The van der Waals surface area contributed by atoms with Crippen molar-refractivity contribution in [3.05, 3.63) is 64.0 Å². The number of hydrogen-bond acceptors (Lipinski definition) is 5. The SMILES string of the molecule is N#C[C@@]1(c2nc3ccccc3[nH]2)Cc2cc([N+](=O)[O-])ccc2N2CCCCC[C@H]21. The van der Waals surface area contributed by atoms with E-state index >= 15 is 0 Å². The number of benzene rings is 2. The van der Waals surface area contributed by atoms with Gasteiger partial charge in [0.05, 0.1) is 28.1 Å². The van der Waals surface area contributed by atoms with Crippen LogP contribution in [0.25, 0.3) is 11.0 Å². The van der Waals surface area contributed by atoms with Gasteiger partial charge in [-0.3, -0.25) is 10.1 Å². The summed E-state index contributed by atoms with van der Waals surface area (Å²) < 4.78 is 0. The first-order valence-electron chi connectivity index (χ1n) is 10.0. The lowest BCUT2D eigenvalue weighted by Crippen LogP contribution is -2.55. The van der Waals surface area contributed by atoms with Crippen molar-refractivity contribution in [1.29, 1.82) is 5.26 Å². The number of aromatic amines is 1. The van der Waals surface area contributed by atoms with Crippen LogP contribution in [0.5, 0.6) is 0 Å². The molecule has 2 aliphatic rings. The van der Waals surface area contributed by atoms with Crippen molar-refractivity contribution in [2.24, 2.45) is 0 Å². The Labute approximate surface area is 168 Å². The van der Waals surface area contributed by atoms with Crippen molar-refractivity contribution in [2.45, 2.75) is 43.6 Å². The van der Waals surface area contributed by atoms with Gasteiger partial charge in [-0.25, -0.2) is 4.98 Å². The smallest absolute Gasteiger partial charge is 0.269 e. The number of imidazole rings is 1. The molecular weight excluding hydrogens is 366 g/mol. The van der Waals surface area contributed by atoms with Gasteiger partial charge in [-0.2, -0.15) is 5.26 Å². The second-order valence-corrected chi connectivity index (χ2v) is 7.99. The Bertz CT molecular complexity index is 1110. The van der Waals surface area contributed by atoms with Crippen LogP contribution in [-0.2, 0) is 11.8 Å². The Hall–Kier alpha value is -3.40. The van der Waals surface area contributed by atoms with E-state index in [-0.39, 0.29) is 16.7 Å². The Balaban J connectivity index is 1.72. The van der Waals surface area contributed by atoms with Crippen LogP contribution in [0.3, 0.4) is 0 Å². The molecule has 7 heteroatoms. The fraction of sp³-hybridized carbons (Fsp3) is 0.364. The zero-order valence-corrected chi connectivity index (χ0v) is 16.0. The standard InChI is InChI=1S/C22H21N5O2/c23-14-22(21-24-17-6-3-4-7-18(17)25-21)13-15-12-16(27(28)29)9-10-19(15)26-11-5-1-2-8-20(22)26/h3-4,6-7,9-10,12,20H,1-2,5,8,11,13H2,(H,24,25)/t20-,22-/m0/s1. The molecule has 1 saturated heterocycles. The Morgan fingerprint density at radius 1 is 1.24 bits per heavy atom. The molecule has 0 bridgehead atoms. The molecule has 0 saturated carbocycles. The van der Waals surface area contributed by atoms with Crippen LogP contribution in [0.4, 0.5) is 11.4 Å². The quantitative estimate of drug-likeness (QED) is 0.524. The number of para-hydroxylation sites is 2. The molecule has 29 heavy (non-hydrogen) atoms. The number of aromatic nitrogens is 2. The number of anilines is 1. The average molecular weight is 387 g/mol. The highest BCUT2D eigenvalue weighted by molar-refractivity contribution is 5.75. The summed E-state index contributed by atoms with van der Waals surface area (Å²) in [5.41, 5.74) is 2.80. The Morgan fingerprint density at radius 3 is 2.90 bits per heavy atom. The van der Waals surface area contributed by atoms with Gasteiger partial charge in [-0.15, -0.1) is 0 Å². The maximum Gasteiger partial charge on any atom is 0.269 e. The molecule has 0 amide bonds. The summed E-state index contributed by atoms with van der Waals surface area (Å²) in [6.45, 7) is 0.846. The summed E-state index contributed by atoms with van der Waals surface area (Å²) in [5, 5.41) is 21.8. The number of fused-ring (bicyclic) bond motifs is 4. The fourth-order valence-corrected chi connectivity index (χ4v) is 5.01. The van der Waals surface area contributed by atoms with Gasteiger partial charge in [0.25, 0.3) is 5.69 Å². The number of nitro groups is 1. The van der Waals surface area contributed by atoms with Crippen molar-refractivity contribution >= 4 is 22.4 Å². The van der Waals surface area contributed by atoms with Crippen LogP contribution in [0.15, 0.2) is 42.5 Å². The van der Waals surface area contributed by atoms with Crippen LogP contribution in [0.1, 0.15) is 37.1 Å². The first-order valence-corrected chi connectivity index (χ1v) is 10.0. The van der Waals surface area contributed by atoms with Gasteiger partial charge in [-0.05, 0) is 36.6 Å². The summed E-state index contributed by atoms with van der Waals surface area (Å²) >= 11 is 0.